The average molecular weight is 385 g/mol. The summed E-state index contributed by atoms with van der Waals surface area (Å²) in [6, 6.07) is 20.4. The van der Waals surface area contributed by atoms with Gasteiger partial charge >= 0.3 is 0 Å². The predicted molar refractivity (Wildman–Crippen MR) is 116 cm³/mol. The van der Waals surface area contributed by atoms with Gasteiger partial charge in [0.05, 0.1) is 23.6 Å². The highest BCUT2D eigenvalue weighted by Crippen LogP contribution is 2.29. The third-order valence-corrected chi connectivity index (χ3v) is 4.90. The lowest BCUT2D eigenvalue weighted by Gasteiger charge is -2.19. The van der Waals surface area contributed by atoms with E-state index in [9.17, 15) is 0 Å². The van der Waals surface area contributed by atoms with E-state index in [1.165, 1.54) is 11.1 Å². The largest absolute Gasteiger partial charge is 0.487 e. The summed E-state index contributed by atoms with van der Waals surface area (Å²) in [5.74, 6) is 0.854. The second-order valence-corrected chi connectivity index (χ2v) is 6.56. The monoisotopic (exact) mass is 385 g/mol. The van der Waals surface area contributed by atoms with E-state index >= 15 is 0 Å². The van der Waals surface area contributed by atoms with Crippen LogP contribution in [0.4, 0.5) is 0 Å². The molecular weight excluding hydrogens is 362 g/mol. The van der Waals surface area contributed by atoms with E-state index < -0.39 is 0 Å². The van der Waals surface area contributed by atoms with Crippen LogP contribution in [0.1, 0.15) is 5.56 Å². The van der Waals surface area contributed by atoms with Gasteiger partial charge in [0, 0.05) is 24.9 Å². The van der Waals surface area contributed by atoms with Crippen LogP contribution in [0.15, 0.2) is 96.6 Å². The van der Waals surface area contributed by atoms with Crippen molar-refractivity contribution >= 4 is 16.5 Å². The van der Waals surface area contributed by atoms with Crippen molar-refractivity contribution in [2.45, 2.75) is 0 Å². The summed E-state index contributed by atoms with van der Waals surface area (Å²) in [6.45, 7) is 1.26. The topological polar surface area (TPSA) is 57.6 Å². The Hall–Kier alpha value is -3.57. The predicted octanol–water partition coefficient (Wildman–Crippen LogP) is 3.91. The normalized spacial score (nSPS) is 14.7. The summed E-state index contributed by atoms with van der Waals surface area (Å²) in [6.07, 6.45) is 8.29. The Morgan fingerprint density at radius 1 is 1.03 bits per heavy atom. The molecule has 0 amide bonds. The molecule has 0 radical (unpaired) electrons. The average Bonchev–Trinajstić information content (AvgIpc) is 3.22. The number of nitrogens with one attached hydrogen (secondary N) is 1. The molecule has 5 rings (SSSR count). The van der Waals surface area contributed by atoms with Crippen LogP contribution in [0.2, 0.25) is 0 Å². The van der Waals surface area contributed by atoms with Crippen LogP contribution >= 0.6 is 0 Å². The van der Waals surface area contributed by atoms with E-state index in [2.05, 4.69) is 57.8 Å². The molecule has 0 unspecified atom stereocenters. The Morgan fingerprint density at radius 2 is 1.83 bits per heavy atom. The zero-order valence-electron chi connectivity index (χ0n) is 16.2. The van der Waals surface area contributed by atoms with Gasteiger partial charge in [-0.15, -0.1) is 0 Å². The molecule has 5 heteroatoms. The molecule has 0 bridgehead atoms. The second-order valence-electron chi connectivity index (χ2n) is 6.56. The fraction of sp³-hybridized carbons (Fsp3) is 0.125. The first-order chi connectivity index (χ1) is 14.4. The van der Waals surface area contributed by atoms with E-state index in [-0.39, 0.29) is 0 Å². The quantitative estimate of drug-likeness (QED) is 0.713. The van der Waals surface area contributed by atoms with Gasteiger partial charge in [0.25, 0.3) is 0 Å². The minimum absolute atomic E-state index is 0.492. The maximum Gasteiger partial charge on any atom is 0.130 e. The number of nitrogens with zero attached hydrogens (tertiary/aromatic N) is 2. The van der Waals surface area contributed by atoms with Crippen LogP contribution in [-0.2, 0) is 0 Å². The van der Waals surface area contributed by atoms with Crippen LogP contribution in [-0.4, -0.2) is 35.4 Å². The first kappa shape index (κ1) is 18.8. The molecule has 2 aliphatic rings. The number of hydrogen-bond acceptors (Lipinski definition) is 5. The Balaban J connectivity index is 0.000000994. The molecule has 0 saturated carbocycles. The number of ether oxygens (including phenoxy) is 1. The lowest BCUT2D eigenvalue weighted by atomic mass is 10.0. The number of benzene rings is 2. The molecule has 3 aromatic rings. The number of fused-ring (bicyclic) bond motifs is 2. The molecule has 1 aromatic heterocycles. The first-order valence-corrected chi connectivity index (χ1v) is 9.49. The number of allylic oxidation sites excluding steroid dienone is 3. The standard InChI is InChI=1S/C23H19N3O.CH4O/c1-2-6-17(7-3-1)18-11-13-26-16-25-21(22(26)14-18)15-27-23-10-12-24-20-9-5-4-8-19(20)23;1-2/h1-14,25H,15-16H2;2H,1H3. The smallest absolute Gasteiger partial charge is 0.130 e. The first-order valence-electron chi connectivity index (χ1n) is 9.49. The van der Waals surface area contributed by atoms with Gasteiger partial charge in [-0.3, -0.25) is 4.98 Å². The summed E-state index contributed by atoms with van der Waals surface area (Å²) in [5, 5.41) is 11.5. The van der Waals surface area contributed by atoms with Crippen LogP contribution in [0, 0.1) is 0 Å². The van der Waals surface area contributed by atoms with Gasteiger partial charge in [0.1, 0.15) is 12.4 Å². The van der Waals surface area contributed by atoms with Crippen molar-refractivity contribution in [2.75, 3.05) is 20.4 Å². The molecule has 146 valence electrons. The summed E-state index contributed by atoms with van der Waals surface area (Å²) < 4.78 is 6.15. The van der Waals surface area contributed by atoms with Gasteiger partial charge in [-0.1, -0.05) is 42.5 Å². The van der Waals surface area contributed by atoms with Crippen molar-refractivity contribution in [1.29, 1.82) is 0 Å². The van der Waals surface area contributed by atoms with Gasteiger partial charge in [-0.25, -0.2) is 0 Å². The third-order valence-electron chi connectivity index (χ3n) is 4.90. The van der Waals surface area contributed by atoms with E-state index in [4.69, 9.17) is 9.84 Å². The minimum atomic E-state index is 0.492. The zero-order valence-corrected chi connectivity index (χ0v) is 16.2. The molecule has 0 fully saturated rings. The molecule has 0 atom stereocenters. The third kappa shape index (κ3) is 3.86. The Kier molecular flexibility index (Phi) is 5.59. The highest BCUT2D eigenvalue weighted by Gasteiger charge is 2.22. The number of rotatable bonds is 4. The highest BCUT2D eigenvalue weighted by molar-refractivity contribution is 5.84. The fourth-order valence-corrected chi connectivity index (χ4v) is 3.48. The van der Waals surface area contributed by atoms with Gasteiger partial charge < -0.3 is 20.1 Å². The van der Waals surface area contributed by atoms with Gasteiger partial charge in [-0.2, -0.15) is 0 Å². The van der Waals surface area contributed by atoms with Crippen LogP contribution in [0.3, 0.4) is 0 Å². The maximum atomic E-state index is 7.00. The molecule has 2 aromatic carbocycles. The molecule has 0 aliphatic carbocycles. The second kappa shape index (κ2) is 8.63. The lowest BCUT2D eigenvalue weighted by Crippen LogP contribution is -2.19. The number of aliphatic hydroxyl groups is 1. The van der Waals surface area contributed by atoms with E-state index in [1.54, 1.807) is 6.20 Å². The SMILES string of the molecule is C1=CN2CNC(COc3ccnc4ccccc34)=C2C=C1c1ccccc1.CO. The molecule has 3 heterocycles. The number of pyridine rings is 1. The molecule has 0 saturated heterocycles. The highest BCUT2D eigenvalue weighted by atomic mass is 16.5. The van der Waals surface area contributed by atoms with Crippen molar-refractivity contribution in [3.8, 4) is 5.75 Å². The van der Waals surface area contributed by atoms with Crippen molar-refractivity contribution in [3.05, 3.63) is 102 Å². The molecule has 29 heavy (non-hydrogen) atoms. The Labute approximate surface area is 170 Å². The van der Waals surface area contributed by atoms with Gasteiger partial charge in [-0.05, 0) is 41.5 Å². The van der Waals surface area contributed by atoms with Gasteiger partial charge in [0.2, 0.25) is 0 Å². The molecule has 2 N–H and O–H groups in total. The maximum absolute atomic E-state index is 7.00. The van der Waals surface area contributed by atoms with Crippen LogP contribution in [0.5, 0.6) is 5.75 Å². The summed E-state index contributed by atoms with van der Waals surface area (Å²) in [4.78, 5) is 6.60. The zero-order chi connectivity index (χ0) is 20.1. The number of para-hydroxylation sites is 1. The summed E-state index contributed by atoms with van der Waals surface area (Å²) >= 11 is 0. The molecule has 0 spiro atoms. The summed E-state index contributed by atoms with van der Waals surface area (Å²) in [5.41, 5.74) is 5.62. The molecule has 5 nitrogen and oxygen atoms in total. The number of aliphatic hydroxyl groups excluding tert-OH is 1. The van der Waals surface area contributed by atoms with Crippen molar-refractivity contribution in [1.82, 2.24) is 15.2 Å². The van der Waals surface area contributed by atoms with Crippen molar-refractivity contribution in [2.24, 2.45) is 0 Å². The van der Waals surface area contributed by atoms with Crippen molar-refractivity contribution < 1.29 is 9.84 Å². The number of hydrogen-bond donors (Lipinski definition) is 2. The lowest BCUT2D eigenvalue weighted by molar-refractivity contribution is 0.348. The fourth-order valence-electron chi connectivity index (χ4n) is 3.48. The minimum Gasteiger partial charge on any atom is -0.487 e. The Morgan fingerprint density at radius 3 is 2.69 bits per heavy atom. The van der Waals surface area contributed by atoms with Crippen LogP contribution in [0.25, 0.3) is 16.5 Å². The van der Waals surface area contributed by atoms with Gasteiger partial charge in [0.15, 0.2) is 0 Å². The number of aromatic nitrogens is 1. The summed E-state index contributed by atoms with van der Waals surface area (Å²) in [7, 11) is 1.00. The molecular formula is C24H23N3O2. The van der Waals surface area contributed by atoms with Crippen LogP contribution < -0.4 is 10.1 Å². The Bertz CT molecular complexity index is 1080. The molecule has 2 aliphatic heterocycles. The van der Waals surface area contributed by atoms with E-state index in [0.29, 0.717) is 6.61 Å². The van der Waals surface area contributed by atoms with E-state index in [0.717, 1.165) is 41.8 Å². The van der Waals surface area contributed by atoms with Crippen molar-refractivity contribution in [3.63, 3.8) is 0 Å². The van der Waals surface area contributed by atoms with E-state index in [1.807, 2.05) is 36.4 Å².